The van der Waals surface area contributed by atoms with E-state index in [4.69, 9.17) is 15.2 Å². The summed E-state index contributed by atoms with van der Waals surface area (Å²) < 4.78 is 10.7. The molecule has 3 N–H and O–H groups in total. The highest BCUT2D eigenvalue weighted by Gasteiger charge is 2.28. The number of rotatable bonds is 5. The zero-order valence-electron chi connectivity index (χ0n) is 11.1. The van der Waals surface area contributed by atoms with E-state index in [2.05, 4.69) is 5.32 Å². The lowest BCUT2D eigenvalue weighted by Crippen LogP contribution is -2.42. The maximum Gasteiger partial charge on any atom is 0.258 e. The van der Waals surface area contributed by atoms with Crippen LogP contribution in [0, 0.1) is 0 Å². The number of benzene rings is 1. The standard InChI is InChI=1S/C14H20N2O3/c1-18-13-8-4-6-11(13)16-14(17)9-19-12-7-3-2-5-10(12)15/h2-3,5,7,11,13H,4,6,8-9,15H2,1H3,(H,16,17). The summed E-state index contributed by atoms with van der Waals surface area (Å²) in [5.41, 5.74) is 6.27. The van der Waals surface area contributed by atoms with E-state index in [0.717, 1.165) is 19.3 Å². The van der Waals surface area contributed by atoms with E-state index in [1.54, 1.807) is 19.2 Å². The van der Waals surface area contributed by atoms with E-state index in [1.807, 2.05) is 12.1 Å². The molecule has 1 aliphatic rings. The SMILES string of the molecule is COC1CCCC1NC(=O)COc1ccccc1N. The molecule has 5 nitrogen and oxygen atoms in total. The zero-order valence-corrected chi connectivity index (χ0v) is 11.1. The van der Waals surface area contributed by atoms with Crippen molar-refractivity contribution in [3.05, 3.63) is 24.3 Å². The number of nitrogens with one attached hydrogen (secondary N) is 1. The normalized spacial score (nSPS) is 22.2. The molecule has 1 aromatic rings. The molecule has 0 radical (unpaired) electrons. The van der Waals surface area contributed by atoms with E-state index in [-0.39, 0.29) is 24.7 Å². The summed E-state index contributed by atoms with van der Waals surface area (Å²) in [4.78, 5) is 11.8. The van der Waals surface area contributed by atoms with Gasteiger partial charge in [-0.2, -0.15) is 0 Å². The molecule has 1 amide bonds. The van der Waals surface area contributed by atoms with E-state index >= 15 is 0 Å². The average Bonchev–Trinajstić information content (AvgIpc) is 2.85. The first-order valence-corrected chi connectivity index (χ1v) is 6.50. The Morgan fingerprint density at radius 3 is 2.95 bits per heavy atom. The van der Waals surface area contributed by atoms with Gasteiger partial charge in [-0.1, -0.05) is 12.1 Å². The first kappa shape index (κ1) is 13.7. The van der Waals surface area contributed by atoms with Gasteiger partial charge in [0.25, 0.3) is 5.91 Å². The van der Waals surface area contributed by atoms with Gasteiger partial charge < -0.3 is 20.5 Å². The molecule has 0 aromatic heterocycles. The molecule has 2 unspecified atom stereocenters. The van der Waals surface area contributed by atoms with Gasteiger partial charge in [0.2, 0.25) is 0 Å². The zero-order chi connectivity index (χ0) is 13.7. The fourth-order valence-corrected chi connectivity index (χ4v) is 2.38. The molecule has 2 rings (SSSR count). The van der Waals surface area contributed by atoms with E-state index < -0.39 is 0 Å². The van der Waals surface area contributed by atoms with Crippen LogP contribution in [0.1, 0.15) is 19.3 Å². The third-order valence-electron chi connectivity index (χ3n) is 3.38. The van der Waals surface area contributed by atoms with Crippen LogP contribution in [0.25, 0.3) is 0 Å². The van der Waals surface area contributed by atoms with Gasteiger partial charge in [-0.3, -0.25) is 4.79 Å². The molecule has 0 spiro atoms. The Labute approximate surface area is 113 Å². The molecule has 0 heterocycles. The maximum atomic E-state index is 11.8. The van der Waals surface area contributed by atoms with Crippen LogP contribution >= 0.6 is 0 Å². The second-order valence-corrected chi connectivity index (χ2v) is 4.71. The van der Waals surface area contributed by atoms with Crippen LogP contribution in [0.3, 0.4) is 0 Å². The molecular weight excluding hydrogens is 244 g/mol. The first-order valence-electron chi connectivity index (χ1n) is 6.50. The van der Waals surface area contributed by atoms with Crippen molar-refractivity contribution in [2.45, 2.75) is 31.4 Å². The van der Waals surface area contributed by atoms with Crippen molar-refractivity contribution >= 4 is 11.6 Å². The number of carbonyl (C=O) groups excluding carboxylic acids is 1. The molecular formula is C14H20N2O3. The Kier molecular flexibility index (Phi) is 4.63. The second kappa shape index (κ2) is 6.43. The number of para-hydroxylation sites is 2. The number of methoxy groups -OCH3 is 1. The highest BCUT2D eigenvalue weighted by atomic mass is 16.5. The topological polar surface area (TPSA) is 73.6 Å². The van der Waals surface area contributed by atoms with Gasteiger partial charge >= 0.3 is 0 Å². The molecule has 19 heavy (non-hydrogen) atoms. The van der Waals surface area contributed by atoms with Gasteiger partial charge in [0.05, 0.1) is 17.8 Å². The second-order valence-electron chi connectivity index (χ2n) is 4.71. The predicted octanol–water partition coefficient (Wildman–Crippen LogP) is 1.33. The number of anilines is 1. The van der Waals surface area contributed by atoms with E-state index in [0.29, 0.717) is 11.4 Å². The Hall–Kier alpha value is -1.75. The van der Waals surface area contributed by atoms with E-state index in [1.165, 1.54) is 0 Å². The van der Waals surface area contributed by atoms with Crippen LogP contribution in [0.4, 0.5) is 5.69 Å². The van der Waals surface area contributed by atoms with Crippen molar-refractivity contribution in [1.82, 2.24) is 5.32 Å². The lowest BCUT2D eigenvalue weighted by Gasteiger charge is -2.19. The summed E-state index contributed by atoms with van der Waals surface area (Å²) in [6.45, 7) is -0.0266. The molecule has 0 saturated heterocycles. The molecule has 1 aliphatic carbocycles. The molecule has 1 fully saturated rings. The minimum atomic E-state index is -0.141. The van der Waals surface area contributed by atoms with Crippen molar-refractivity contribution in [3.63, 3.8) is 0 Å². The van der Waals surface area contributed by atoms with Crippen LogP contribution < -0.4 is 15.8 Å². The minimum Gasteiger partial charge on any atom is -0.482 e. The summed E-state index contributed by atoms with van der Waals surface area (Å²) in [7, 11) is 1.68. The molecule has 104 valence electrons. The predicted molar refractivity (Wildman–Crippen MR) is 72.9 cm³/mol. The summed E-state index contributed by atoms with van der Waals surface area (Å²) >= 11 is 0. The average molecular weight is 264 g/mol. The highest BCUT2D eigenvalue weighted by Crippen LogP contribution is 2.22. The van der Waals surface area contributed by atoms with Crippen LogP contribution in [0.5, 0.6) is 5.75 Å². The summed E-state index contributed by atoms with van der Waals surface area (Å²) in [5, 5.41) is 2.94. The third-order valence-corrected chi connectivity index (χ3v) is 3.38. The Morgan fingerprint density at radius 2 is 2.21 bits per heavy atom. The number of carbonyl (C=O) groups is 1. The number of hydrogen-bond acceptors (Lipinski definition) is 4. The number of hydrogen-bond donors (Lipinski definition) is 2. The number of amides is 1. The number of nitrogens with two attached hydrogens (primary N) is 1. The monoisotopic (exact) mass is 264 g/mol. The van der Waals surface area contributed by atoms with Gasteiger partial charge in [0, 0.05) is 7.11 Å². The largest absolute Gasteiger partial charge is 0.482 e. The van der Waals surface area contributed by atoms with Gasteiger partial charge in [0.15, 0.2) is 6.61 Å². The lowest BCUT2D eigenvalue weighted by atomic mass is 10.2. The van der Waals surface area contributed by atoms with Gasteiger partial charge in [-0.05, 0) is 31.4 Å². The number of nitrogen functional groups attached to an aromatic ring is 1. The maximum absolute atomic E-state index is 11.8. The molecule has 0 bridgehead atoms. The van der Waals surface area contributed by atoms with Crippen LogP contribution in [-0.2, 0) is 9.53 Å². The molecule has 1 saturated carbocycles. The summed E-state index contributed by atoms with van der Waals surface area (Å²) in [6, 6.07) is 7.22. The third kappa shape index (κ3) is 3.61. The molecule has 0 aliphatic heterocycles. The van der Waals surface area contributed by atoms with Crippen LogP contribution in [0.15, 0.2) is 24.3 Å². The Bertz CT molecular complexity index is 436. The Morgan fingerprint density at radius 1 is 1.42 bits per heavy atom. The van der Waals surface area contributed by atoms with Crippen LogP contribution in [-0.4, -0.2) is 31.8 Å². The minimum absolute atomic E-state index is 0.0266. The summed E-state index contributed by atoms with van der Waals surface area (Å²) in [5.74, 6) is 0.393. The van der Waals surface area contributed by atoms with Gasteiger partial charge in [-0.25, -0.2) is 0 Å². The van der Waals surface area contributed by atoms with Crippen molar-refractivity contribution in [3.8, 4) is 5.75 Å². The van der Waals surface area contributed by atoms with Crippen LogP contribution in [0.2, 0.25) is 0 Å². The Balaban J connectivity index is 1.80. The lowest BCUT2D eigenvalue weighted by molar-refractivity contribution is -0.124. The van der Waals surface area contributed by atoms with Gasteiger partial charge in [-0.15, -0.1) is 0 Å². The molecule has 1 aromatic carbocycles. The quantitative estimate of drug-likeness (QED) is 0.787. The van der Waals surface area contributed by atoms with Crippen molar-refractivity contribution in [1.29, 1.82) is 0 Å². The van der Waals surface area contributed by atoms with Crippen molar-refractivity contribution < 1.29 is 14.3 Å². The molecule has 5 heteroatoms. The number of ether oxygens (including phenoxy) is 2. The van der Waals surface area contributed by atoms with Crippen molar-refractivity contribution in [2.24, 2.45) is 0 Å². The smallest absolute Gasteiger partial charge is 0.258 e. The summed E-state index contributed by atoms with van der Waals surface area (Å²) in [6.07, 6.45) is 3.15. The molecule has 2 atom stereocenters. The fourth-order valence-electron chi connectivity index (χ4n) is 2.38. The highest BCUT2D eigenvalue weighted by molar-refractivity contribution is 5.78. The van der Waals surface area contributed by atoms with Gasteiger partial charge in [0.1, 0.15) is 5.75 Å². The fraction of sp³-hybridized carbons (Fsp3) is 0.500. The van der Waals surface area contributed by atoms with E-state index in [9.17, 15) is 4.79 Å². The first-order chi connectivity index (χ1) is 9.20. The van der Waals surface area contributed by atoms with Crippen molar-refractivity contribution in [2.75, 3.05) is 19.5 Å².